The summed E-state index contributed by atoms with van der Waals surface area (Å²) in [6.45, 7) is 0.198. The van der Waals surface area contributed by atoms with Crippen molar-refractivity contribution in [3.63, 3.8) is 0 Å². The lowest BCUT2D eigenvalue weighted by Gasteiger charge is -2.12. The van der Waals surface area contributed by atoms with Gasteiger partial charge < -0.3 is 10.6 Å². The van der Waals surface area contributed by atoms with E-state index in [1.807, 2.05) is 0 Å². The largest absolute Gasteiger partial charge is 0.405 e. The van der Waals surface area contributed by atoms with Gasteiger partial charge in [0.2, 0.25) is 15.9 Å². The second kappa shape index (κ2) is 8.62. The third-order valence-electron chi connectivity index (χ3n) is 3.84. The molecule has 2 rings (SSSR count). The minimum Gasteiger partial charge on any atom is -0.343 e. The van der Waals surface area contributed by atoms with Crippen molar-refractivity contribution in [2.75, 3.05) is 11.9 Å². The zero-order valence-corrected chi connectivity index (χ0v) is 16.0. The summed E-state index contributed by atoms with van der Waals surface area (Å²) in [5, 5.41) is 9.36. The molecule has 11 heteroatoms. The van der Waals surface area contributed by atoms with Gasteiger partial charge in [-0.05, 0) is 42.3 Å². The molecule has 7 nitrogen and oxygen atoms in total. The molecular weight excluding hydrogens is 411 g/mol. The fraction of sp³-hybridized carbons (Fsp3) is 0.222. The van der Waals surface area contributed by atoms with E-state index in [0.29, 0.717) is 11.1 Å². The Bertz CT molecular complexity index is 1020. The van der Waals surface area contributed by atoms with Crippen molar-refractivity contribution >= 4 is 27.5 Å². The molecule has 0 unspecified atom stereocenters. The standard InChI is InChI=1S/C18H18F3N3O4S/c1-11-2-5-13(17(26)23-10-18(19,20)21)9-15(11)24-16(25)8-12-3-6-14(7-4-12)29(22,27)28/h2-7,9H,8,10H2,1H3,(H,23,26)(H,24,25)(H2,22,27,28). The first kappa shape index (κ1) is 22.4. The van der Waals surface area contributed by atoms with E-state index in [0.717, 1.165) is 0 Å². The maximum Gasteiger partial charge on any atom is 0.405 e. The average Bonchev–Trinajstić information content (AvgIpc) is 2.60. The average molecular weight is 429 g/mol. The lowest BCUT2D eigenvalue weighted by molar-refractivity contribution is -0.123. The molecule has 2 aromatic carbocycles. The fourth-order valence-corrected chi connectivity index (χ4v) is 2.87. The first-order chi connectivity index (χ1) is 13.3. The summed E-state index contributed by atoms with van der Waals surface area (Å²) in [4.78, 5) is 24.0. The molecular formula is C18H18F3N3O4S. The van der Waals surface area contributed by atoms with Crippen molar-refractivity contribution < 1.29 is 31.2 Å². The molecule has 0 saturated heterocycles. The number of rotatable bonds is 6. The Labute approximate surface area is 165 Å². The Balaban J connectivity index is 2.07. The van der Waals surface area contributed by atoms with Gasteiger partial charge in [0.05, 0.1) is 11.3 Å². The molecule has 0 saturated carbocycles. The molecule has 2 amide bonds. The Morgan fingerprint density at radius 1 is 1.07 bits per heavy atom. The van der Waals surface area contributed by atoms with E-state index in [2.05, 4.69) is 5.32 Å². The van der Waals surface area contributed by atoms with Gasteiger partial charge in [0.1, 0.15) is 6.54 Å². The summed E-state index contributed by atoms with van der Waals surface area (Å²) in [6, 6.07) is 9.55. The number of benzene rings is 2. The number of nitrogens with one attached hydrogen (secondary N) is 2. The third-order valence-corrected chi connectivity index (χ3v) is 4.77. The highest BCUT2D eigenvalue weighted by molar-refractivity contribution is 7.89. The number of amides is 2. The topological polar surface area (TPSA) is 118 Å². The molecule has 0 heterocycles. The molecule has 0 aliphatic heterocycles. The van der Waals surface area contributed by atoms with Crippen LogP contribution >= 0.6 is 0 Å². The van der Waals surface area contributed by atoms with E-state index in [-0.39, 0.29) is 22.6 Å². The van der Waals surface area contributed by atoms with E-state index >= 15 is 0 Å². The zero-order chi connectivity index (χ0) is 21.8. The molecule has 29 heavy (non-hydrogen) atoms. The van der Waals surface area contributed by atoms with Crippen LogP contribution in [0.1, 0.15) is 21.5 Å². The molecule has 0 aliphatic carbocycles. The van der Waals surface area contributed by atoms with Crippen molar-refractivity contribution in [2.45, 2.75) is 24.4 Å². The number of carbonyl (C=O) groups excluding carboxylic acids is 2. The Morgan fingerprint density at radius 3 is 2.24 bits per heavy atom. The smallest absolute Gasteiger partial charge is 0.343 e. The molecule has 0 radical (unpaired) electrons. The van der Waals surface area contributed by atoms with Crippen LogP contribution in [-0.2, 0) is 21.2 Å². The quantitative estimate of drug-likeness (QED) is 0.652. The first-order valence-electron chi connectivity index (χ1n) is 8.22. The Morgan fingerprint density at radius 2 is 1.69 bits per heavy atom. The number of hydrogen-bond acceptors (Lipinski definition) is 4. The molecule has 0 bridgehead atoms. The molecule has 0 fully saturated rings. The number of sulfonamides is 1. The van der Waals surface area contributed by atoms with Gasteiger partial charge in [0, 0.05) is 11.3 Å². The second-order valence-corrected chi connectivity index (χ2v) is 7.80. The number of aryl methyl sites for hydroxylation is 1. The van der Waals surface area contributed by atoms with Gasteiger partial charge in [-0.3, -0.25) is 9.59 Å². The zero-order valence-electron chi connectivity index (χ0n) is 15.2. The van der Waals surface area contributed by atoms with Gasteiger partial charge in [-0.2, -0.15) is 13.2 Å². The van der Waals surface area contributed by atoms with Gasteiger partial charge in [-0.1, -0.05) is 18.2 Å². The lowest BCUT2D eigenvalue weighted by atomic mass is 10.1. The maximum atomic E-state index is 12.3. The number of alkyl halides is 3. The van der Waals surface area contributed by atoms with Gasteiger partial charge >= 0.3 is 6.18 Å². The normalized spacial score (nSPS) is 11.8. The molecule has 0 aliphatic rings. The first-order valence-corrected chi connectivity index (χ1v) is 9.77. The maximum absolute atomic E-state index is 12.3. The van der Waals surface area contributed by atoms with Crippen LogP contribution in [0.2, 0.25) is 0 Å². The fourth-order valence-electron chi connectivity index (χ4n) is 2.36. The minimum atomic E-state index is -4.53. The minimum absolute atomic E-state index is 0.0346. The van der Waals surface area contributed by atoms with Gasteiger partial charge in [0.15, 0.2) is 0 Å². The molecule has 156 valence electrons. The number of primary sulfonamides is 1. The highest BCUT2D eigenvalue weighted by Gasteiger charge is 2.28. The van der Waals surface area contributed by atoms with Gasteiger partial charge in [-0.25, -0.2) is 13.6 Å². The predicted molar refractivity (Wildman–Crippen MR) is 99.7 cm³/mol. The Kier molecular flexibility index (Phi) is 6.65. The SMILES string of the molecule is Cc1ccc(C(=O)NCC(F)(F)F)cc1NC(=O)Cc1ccc(S(N)(=O)=O)cc1. The van der Waals surface area contributed by atoms with Crippen LogP contribution in [0.25, 0.3) is 0 Å². The second-order valence-electron chi connectivity index (χ2n) is 6.24. The molecule has 2 aromatic rings. The molecule has 4 N–H and O–H groups in total. The van der Waals surface area contributed by atoms with Crippen molar-refractivity contribution in [3.05, 3.63) is 59.2 Å². The molecule has 0 spiro atoms. The molecule has 0 atom stereocenters. The van der Waals surface area contributed by atoms with Crippen LogP contribution < -0.4 is 15.8 Å². The van der Waals surface area contributed by atoms with Crippen LogP contribution in [0.5, 0.6) is 0 Å². The van der Waals surface area contributed by atoms with Crippen LogP contribution in [0.15, 0.2) is 47.4 Å². The van der Waals surface area contributed by atoms with Crippen molar-refractivity contribution in [2.24, 2.45) is 5.14 Å². The van der Waals surface area contributed by atoms with Crippen LogP contribution in [0.4, 0.5) is 18.9 Å². The van der Waals surface area contributed by atoms with Crippen molar-refractivity contribution in [1.29, 1.82) is 0 Å². The number of nitrogens with two attached hydrogens (primary N) is 1. The van der Waals surface area contributed by atoms with Crippen LogP contribution in [0, 0.1) is 6.92 Å². The summed E-state index contributed by atoms with van der Waals surface area (Å²) >= 11 is 0. The van der Waals surface area contributed by atoms with E-state index in [4.69, 9.17) is 5.14 Å². The van der Waals surface area contributed by atoms with Crippen LogP contribution in [0.3, 0.4) is 0 Å². The monoisotopic (exact) mass is 429 g/mol. The predicted octanol–water partition coefficient (Wildman–Crippen LogP) is 2.12. The number of carbonyl (C=O) groups is 2. The molecule has 0 aromatic heterocycles. The van der Waals surface area contributed by atoms with Gasteiger partial charge in [-0.15, -0.1) is 0 Å². The lowest BCUT2D eigenvalue weighted by Crippen LogP contribution is -2.33. The number of anilines is 1. The Hall–Kier alpha value is -2.92. The van der Waals surface area contributed by atoms with Crippen molar-refractivity contribution in [1.82, 2.24) is 5.32 Å². The van der Waals surface area contributed by atoms with E-state index in [1.54, 1.807) is 12.2 Å². The summed E-state index contributed by atoms with van der Waals surface area (Å²) in [5.41, 5.74) is 1.37. The van der Waals surface area contributed by atoms with Crippen molar-refractivity contribution in [3.8, 4) is 0 Å². The third kappa shape index (κ3) is 6.88. The number of hydrogen-bond donors (Lipinski definition) is 3. The summed E-state index contributed by atoms with van der Waals surface area (Å²) in [7, 11) is -3.84. The number of halogens is 3. The summed E-state index contributed by atoms with van der Waals surface area (Å²) in [5.74, 6) is -1.37. The van der Waals surface area contributed by atoms with E-state index < -0.39 is 34.6 Å². The van der Waals surface area contributed by atoms with E-state index in [1.165, 1.54) is 42.5 Å². The summed E-state index contributed by atoms with van der Waals surface area (Å²) in [6.07, 6.45) is -4.62. The highest BCUT2D eigenvalue weighted by Crippen LogP contribution is 2.19. The highest BCUT2D eigenvalue weighted by atomic mass is 32.2. The summed E-state index contributed by atoms with van der Waals surface area (Å²) < 4.78 is 59.2. The van der Waals surface area contributed by atoms with Gasteiger partial charge in [0.25, 0.3) is 5.91 Å². The van der Waals surface area contributed by atoms with E-state index in [9.17, 15) is 31.2 Å². The van der Waals surface area contributed by atoms with Crippen LogP contribution in [-0.4, -0.2) is 33.0 Å².